The van der Waals surface area contributed by atoms with Crippen LogP contribution in [0.1, 0.15) is 24.8 Å². The Balaban J connectivity index is 1.80. The molecule has 0 unspecified atom stereocenters. The quantitative estimate of drug-likeness (QED) is 0.757. The van der Waals surface area contributed by atoms with E-state index >= 15 is 0 Å². The summed E-state index contributed by atoms with van der Waals surface area (Å²) in [5, 5.41) is 0. The number of rotatable bonds is 2. The lowest BCUT2D eigenvalue weighted by molar-refractivity contribution is 0.414. The average Bonchev–Trinajstić information content (AvgIpc) is 3.10. The van der Waals surface area contributed by atoms with E-state index < -0.39 is 0 Å². The monoisotopic (exact) mass is 250 g/mol. The molecule has 19 heavy (non-hydrogen) atoms. The molecule has 0 radical (unpaired) electrons. The van der Waals surface area contributed by atoms with Gasteiger partial charge in [0.15, 0.2) is 0 Å². The zero-order valence-electron chi connectivity index (χ0n) is 11.3. The normalized spacial score (nSPS) is 31.2. The van der Waals surface area contributed by atoms with Crippen molar-refractivity contribution >= 4 is 5.57 Å². The lowest BCUT2D eigenvalue weighted by atomic mass is 9.74. The molecule has 3 aliphatic rings. The highest BCUT2D eigenvalue weighted by Gasteiger charge is 2.53. The number of methoxy groups -OCH3 is 1. The van der Waals surface area contributed by atoms with Gasteiger partial charge in [-0.05, 0) is 53.7 Å². The largest absolute Gasteiger partial charge is 0.497 e. The van der Waals surface area contributed by atoms with Gasteiger partial charge in [0.1, 0.15) is 5.75 Å². The van der Waals surface area contributed by atoms with E-state index in [-0.39, 0.29) is 5.41 Å². The molecule has 1 nitrogen and oxygen atoms in total. The molecule has 2 bridgehead atoms. The van der Waals surface area contributed by atoms with E-state index in [1.807, 2.05) is 0 Å². The molecular formula is C18H18O. The highest BCUT2D eigenvalue weighted by atomic mass is 16.5. The molecule has 1 heteroatoms. The summed E-state index contributed by atoms with van der Waals surface area (Å²) in [6.45, 7) is 4.30. The Morgan fingerprint density at radius 1 is 1.21 bits per heavy atom. The molecule has 0 N–H and O–H groups in total. The number of ether oxygens (including phenoxy) is 1. The van der Waals surface area contributed by atoms with Crippen LogP contribution in [0.25, 0.3) is 5.57 Å². The van der Waals surface area contributed by atoms with Crippen LogP contribution >= 0.6 is 0 Å². The van der Waals surface area contributed by atoms with Crippen molar-refractivity contribution in [3.05, 3.63) is 59.7 Å². The molecule has 0 amide bonds. The maximum absolute atomic E-state index is 5.25. The molecule has 0 aromatic heterocycles. The number of hydrogen-bond acceptors (Lipinski definition) is 1. The predicted molar refractivity (Wildman–Crippen MR) is 78.0 cm³/mol. The lowest BCUT2D eigenvalue weighted by Gasteiger charge is -2.29. The zero-order valence-corrected chi connectivity index (χ0v) is 11.3. The van der Waals surface area contributed by atoms with Crippen LogP contribution in [-0.2, 0) is 0 Å². The molecule has 0 heterocycles. The molecule has 1 aromatic rings. The van der Waals surface area contributed by atoms with Crippen LogP contribution < -0.4 is 4.74 Å². The van der Waals surface area contributed by atoms with Gasteiger partial charge in [-0.1, -0.05) is 30.9 Å². The fourth-order valence-corrected chi connectivity index (χ4v) is 4.19. The van der Waals surface area contributed by atoms with Crippen LogP contribution in [0.2, 0.25) is 0 Å². The molecule has 1 aromatic carbocycles. The van der Waals surface area contributed by atoms with Crippen molar-refractivity contribution in [1.29, 1.82) is 0 Å². The van der Waals surface area contributed by atoms with Crippen molar-refractivity contribution in [2.45, 2.75) is 19.3 Å². The minimum absolute atomic E-state index is 0.288. The highest BCUT2D eigenvalue weighted by molar-refractivity contribution is 5.82. The Labute approximate surface area is 114 Å². The first-order valence-electron chi connectivity index (χ1n) is 7.01. The zero-order chi connectivity index (χ0) is 13.0. The Hall–Kier alpha value is -1.76. The van der Waals surface area contributed by atoms with Gasteiger partial charge in [0.05, 0.1) is 7.11 Å². The summed E-state index contributed by atoms with van der Waals surface area (Å²) in [7, 11) is 1.71. The fraction of sp³-hybridized carbons (Fsp3) is 0.333. The number of allylic oxidation sites excluding steroid dienone is 5. The number of hydrogen-bond donors (Lipinski definition) is 0. The van der Waals surface area contributed by atoms with Gasteiger partial charge in [-0.2, -0.15) is 0 Å². The van der Waals surface area contributed by atoms with Crippen molar-refractivity contribution in [2.75, 3.05) is 7.11 Å². The van der Waals surface area contributed by atoms with Gasteiger partial charge in [0.25, 0.3) is 0 Å². The van der Waals surface area contributed by atoms with E-state index in [0.29, 0.717) is 5.92 Å². The summed E-state index contributed by atoms with van der Waals surface area (Å²) in [6.07, 6.45) is 8.58. The second-order valence-electron chi connectivity index (χ2n) is 5.88. The van der Waals surface area contributed by atoms with E-state index in [1.54, 1.807) is 7.11 Å². The molecule has 0 aliphatic heterocycles. The summed E-state index contributed by atoms with van der Waals surface area (Å²) in [5.41, 5.74) is 6.07. The van der Waals surface area contributed by atoms with Crippen LogP contribution in [0.5, 0.6) is 5.75 Å². The van der Waals surface area contributed by atoms with Crippen molar-refractivity contribution < 1.29 is 4.74 Å². The molecule has 1 spiro atoms. The van der Waals surface area contributed by atoms with Gasteiger partial charge in [0.2, 0.25) is 0 Å². The smallest absolute Gasteiger partial charge is 0.118 e. The summed E-state index contributed by atoms with van der Waals surface area (Å²) >= 11 is 0. The molecule has 96 valence electrons. The molecule has 3 aliphatic carbocycles. The summed E-state index contributed by atoms with van der Waals surface area (Å²) in [6, 6.07) is 8.51. The maximum atomic E-state index is 5.25. The maximum Gasteiger partial charge on any atom is 0.118 e. The van der Waals surface area contributed by atoms with Gasteiger partial charge in [-0.15, -0.1) is 0 Å². The predicted octanol–water partition coefficient (Wildman–Crippen LogP) is 4.37. The fourth-order valence-electron chi connectivity index (χ4n) is 4.19. The van der Waals surface area contributed by atoms with Gasteiger partial charge in [-0.3, -0.25) is 0 Å². The summed E-state index contributed by atoms with van der Waals surface area (Å²) in [4.78, 5) is 0. The third-order valence-electron chi connectivity index (χ3n) is 5.08. The van der Waals surface area contributed by atoms with E-state index in [4.69, 9.17) is 4.74 Å². The average molecular weight is 250 g/mol. The first-order valence-corrected chi connectivity index (χ1v) is 7.01. The Morgan fingerprint density at radius 3 is 2.74 bits per heavy atom. The second kappa shape index (κ2) is 3.63. The molecule has 2 atom stereocenters. The summed E-state index contributed by atoms with van der Waals surface area (Å²) < 4.78 is 5.25. The van der Waals surface area contributed by atoms with Gasteiger partial charge < -0.3 is 4.74 Å². The van der Waals surface area contributed by atoms with Gasteiger partial charge in [-0.25, -0.2) is 0 Å². The Morgan fingerprint density at radius 2 is 2.00 bits per heavy atom. The van der Waals surface area contributed by atoms with E-state index in [2.05, 4.69) is 43.0 Å². The first kappa shape index (κ1) is 11.1. The molecule has 1 saturated carbocycles. The Kier molecular flexibility index (Phi) is 2.12. The lowest BCUT2D eigenvalue weighted by Crippen LogP contribution is -2.16. The van der Waals surface area contributed by atoms with Crippen molar-refractivity contribution in [3.8, 4) is 5.75 Å². The van der Waals surface area contributed by atoms with Gasteiger partial charge >= 0.3 is 0 Å². The van der Waals surface area contributed by atoms with Crippen LogP contribution in [0.4, 0.5) is 0 Å². The highest BCUT2D eigenvalue weighted by Crippen LogP contribution is 2.66. The summed E-state index contributed by atoms with van der Waals surface area (Å²) in [5.74, 6) is 1.50. The van der Waals surface area contributed by atoms with E-state index in [1.165, 1.54) is 41.5 Å². The SMILES string of the molecule is C=C1C2=CCC[C@]23C[C@H]1C=C3c1ccc(OC)cc1. The minimum Gasteiger partial charge on any atom is -0.497 e. The van der Waals surface area contributed by atoms with Gasteiger partial charge in [0, 0.05) is 11.3 Å². The van der Waals surface area contributed by atoms with Crippen molar-refractivity contribution in [1.82, 2.24) is 0 Å². The molecule has 1 fully saturated rings. The third kappa shape index (κ3) is 1.30. The van der Waals surface area contributed by atoms with Crippen LogP contribution in [0.15, 0.2) is 54.1 Å². The van der Waals surface area contributed by atoms with E-state index in [9.17, 15) is 0 Å². The van der Waals surface area contributed by atoms with E-state index in [0.717, 1.165) is 5.75 Å². The second-order valence-corrected chi connectivity index (χ2v) is 5.88. The standard InChI is InChI=1S/C18H18O/c1-12-14-10-17(13-5-7-15(19-2)8-6-13)18(11-14)9-3-4-16(12)18/h4-8,10,14H,1,3,9,11H2,2H3/t14-,18+/m1/s1. The molecule has 4 rings (SSSR count). The third-order valence-corrected chi connectivity index (χ3v) is 5.08. The van der Waals surface area contributed by atoms with Crippen molar-refractivity contribution in [3.63, 3.8) is 0 Å². The first-order chi connectivity index (χ1) is 9.24. The number of benzene rings is 1. The van der Waals surface area contributed by atoms with Crippen molar-refractivity contribution in [2.24, 2.45) is 11.3 Å². The van der Waals surface area contributed by atoms with Crippen LogP contribution in [0, 0.1) is 11.3 Å². The molecule has 0 saturated heterocycles. The van der Waals surface area contributed by atoms with Crippen LogP contribution in [-0.4, -0.2) is 7.11 Å². The topological polar surface area (TPSA) is 9.23 Å². The minimum atomic E-state index is 0.288. The molecular weight excluding hydrogens is 232 g/mol. The van der Waals surface area contributed by atoms with Crippen LogP contribution in [0.3, 0.4) is 0 Å². The number of fused-ring (bicyclic) bond motifs is 1. The Bertz CT molecular complexity index is 618.